The predicted molar refractivity (Wildman–Crippen MR) is 73.2 cm³/mol. The lowest BCUT2D eigenvalue weighted by Gasteiger charge is -2.21. The molecule has 1 aliphatic rings. The van der Waals surface area contributed by atoms with Crippen LogP contribution in [0.4, 0.5) is 13.2 Å². The summed E-state index contributed by atoms with van der Waals surface area (Å²) in [6, 6.07) is 6.81. The third kappa shape index (κ3) is 3.09. The second kappa shape index (κ2) is 5.51. The highest BCUT2D eigenvalue weighted by atomic mass is 79.9. The normalized spacial score (nSPS) is 16.6. The minimum atomic E-state index is -4.35. The molecule has 19 heavy (non-hydrogen) atoms. The maximum Gasteiger partial charge on any atom is 0.413 e. The van der Waals surface area contributed by atoms with Gasteiger partial charge in [-0.3, -0.25) is 0 Å². The number of nitrogens with two attached hydrogens (primary N) is 1. The zero-order chi connectivity index (χ0) is 14.0. The van der Waals surface area contributed by atoms with Crippen LogP contribution in [0.15, 0.2) is 40.4 Å². The van der Waals surface area contributed by atoms with E-state index in [2.05, 4.69) is 15.9 Å². The topological polar surface area (TPSA) is 26.0 Å². The molecule has 1 aromatic carbocycles. The lowest BCUT2D eigenvalue weighted by Crippen LogP contribution is -2.16. The average Bonchev–Trinajstić information content (AvgIpc) is 2.37. The Hall–Kier alpha value is -1.07. The monoisotopic (exact) mass is 330 g/mol. The van der Waals surface area contributed by atoms with Gasteiger partial charge in [-0.25, -0.2) is 0 Å². The third-order valence-electron chi connectivity index (χ3n) is 2.91. The lowest BCUT2D eigenvalue weighted by atomic mass is 9.91. The molecule has 0 unspecified atom stereocenters. The molecule has 5 heteroatoms. The van der Waals surface area contributed by atoms with Crippen LogP contribution in [-0.4, -0.2) is 6.18 Å². The molecule has 0 saturated heterocycles. The first-order valence-electron chi connectivity index (χ1n) is 5.73. The van der Waals surface area contributed by atoms with Gasteiger partial charge < -0.3 is 5.73 Å². The number of alkyl halides is 3. The van der Waals surface area contributed by atoms with Crippen LogP contribution in [0.25, 0.3) is 5.57 Å². The quantitative estimate of drug-likeness (QED) is 0.857. The van der Waals surface area contributed by atoms with Crippen molar-refractivity contribution >= 4 is 21.5 Å². The van der Waals surface area contributed by atoms with Crippen molar-refractivity contribution in [2.45, 2.75) is 19.1 Å². The number of halogens is 4. The smallest absolute Gasteiger partial charge is 0.326 e. The first-order chi connectivity index (χ1) is 8.93. The fraction of sp³-hybridized carbons (Fsp3) is 0.214. The average molecular weight is 331 g/mol. The fourth-order valence-electron chi connectivity index (χ4n) is 1.97. The summed E-state index contributed by atoms with van der Waals surface area (Å²) in [5.74, 6) is 0. The van der Waals surface area contributed by atoms with Crippen molar-refractivity contribution in [3.05, 3.63) is 57.9 Å². The van der Waals surface area contributed by atoms with E-state index in [1.54, 1.807) is 30.3 Å². The number of benzene rings is 1. The minimum absolute atomic E-state index is 0.183. The highest BCUT2D eigenvalue weighted by Crippen LogP contribution is 2.43. The summed E-state index contributed by atoms with van der Waals surface area (Å²) in [7, 11) is 0. The number of hydrogen-bond donors (Lipinski definition) is 1. The van der Waals surface area contributed by atoms with Crippen molar-refractivity contribution in [1.29, 1.82) is 0 Å². The Morgan fingerprint density at radius 2 is 1.79 bits per heavy atom. The van der Waals surface area contributed by atoms with Crippen LogP contribution in [0.3, 0.4) is 0 Å². The molecule has 0 heterocycles. The van der Waals surface area contributed by atoms with Crippen LogP contribution >= 0.6 is 15.9 Å². The molecule has 1 aromatic rings. The van der Waals surface area contributed by atoms with Crippen molar-refractivity contribution in [1.82, 2.24) is 0 Å². The van der Waals surface area contributed by atoms with Gasteiger partial charge in [-0.1, -0.05) is 46.3 Å². The van der Waals surface area contributed by atoms with Gasteiger partial charge in [0.25, 0.3) is 0 Å². The van der Waals surface area contributed by atoms with Crippen molar-refractivity contribution < 1.29 is 13.2 Å². The number of hydrogen-bond acceptors (Lipinski definition) is 1. The summed E-state index contributed by atoms with van der Waals surface area (Å²) in [4.78, 5) is 0. The molecule has 1 aliphatic carbocycles. The Bertz CT molecular complexity index is 527. The Morgan fingerprint density at radius 3 is 2.32 bits per heavy atom. The molecule has 0 amide bonds. The number of allylic oxidation sites excluding steroid dienone is 4. The zero-order valence-electron chi connectivity index (χ0n) is 9.97. The van der Waals surface area contributed by atoms with E-state index in [4.69, 9.17) is 5.73 Å². The summed E-state index contributed by atoms with van der Waals surface area (Å²) in [6.45, 7) is 0.370. The van der Waals surface area contributed by atoms with E-state index in [1.807, 2.05) is 0 Å². The van der Waals surface area contributed by atoms with Gasteiger partial charge in [0.05, 0.1) is 0 Å². The molecule has 0 fully saturated rings. The van der Waals surface area contributed by atoms with Gasteiger partial charge in [-0.2, -0.15) is 13.2 Å². The highest BCUT2D eigenvalue weighted by Gasteiger charge is 2.37. The van der Waals surface area contributed by atoms with Crippen molar-refractivity contribution in [2.24, 2.45) is 5.73 Å². The van der Waals surface area contributed by atoms with Crippen LogP contribution in [0, 0.1) is 6.42 Å². The molecule has 2 rings (SSSR count). The Kier molecular flexibility index (Phi) is 4.16. The molecule has 101 valence electrons. The predicted octanol–water partition coefficient (Wildman–Crippen LogP) is 4.35. The summed E-state index contributed by atoms with van der Waals surface area (Å²) >= 11 is 3.22. The van der Waals surface area contributed by atoms with Gasteiger partial charge >= 0.3 is 6.18 Å². The van der Waals surface area contributed by atoms with Crippen LogP contribution in [-0.2, 0) is 6.54 Å². The van der Waals surface area contributed by atoms with E-state index in [0.717, 1.165) is 5.56 Å². The fourth-order valence-corrected chi connectivity index (χ4v) is 2.60. The molecule has 0 bridgehead atoms. The Labute approximate surface area is 118 Å². The standard InChI is InChI=1S/C14H12BrF3N/c15-12-3-1-2-11(14(16,17)18)13(12)10-6-4-9(8-19)5-7-10/h2-7H,1,8,19H2. The first kappa shape index (κ1) is 14.3. The van der Waals surface area contributed by atoms with Gasteiger partial charge in [0.2, 0.25) is 0 Å². The third-order valence-corrected chi connectivity index (χ3v) is 3.63. The second-order valence-corrected chi connectivity index (χ2v) is 5.03. The maximum absolute atomic E-state index is 13.0. The molecule has 1 nitrogen and oxygen atoms in total. The van der Waals surface area contributed by atoms with E-state index in [1.165, 1.54) is 6.42 Å². The van der Waals surface area contributed by atoms with E-state index >= 15 is 0 Å². The van der Waals surface area contributed by atoms with Crippen molar-refractivity contribution in [2.75, 3.05) is 0 Å². The molecule has 0 spiro atoms. The summed E-state index contributed by atoms with van der Waals surface area (Å²) in [5, 5.41) is 0. The van der Waals surface area contributed by atoms with E-state index < -0.39 is 11.7 Å². The minimum Gasteiger partial charge on any atom is -0.326 e. The highest BCUT2D eigenvalue weighted by molar-refractivity contribution is 9.12. The van der Waals surface area contributed by atoms with Gasteiger partial charge in [0.15, 0.2) is 0 Å². The van der Waals surface area contributed by atoms with Gasteiger partial charge in [0, 0.05) is 28.6 Å². The molecule has 0 aliphatic heterocycles. The lowest BCUT2D eigenvalue weighted by molar-refractivity contribution is -0.0894. The zero-order valence-corrected chi connectivity index (χ0v) is 11.6. The van der Waals surface area contributed by atoms with Crippen LogP contribution < -0.4 is 5.73 Å². The maximum atomic E-state index is 13.0. The largest absolute Gasteiger partial charge is 0.413 e. The molecule has 0 aromatic heterocycles. The summed E-state index contributed by atoms with van der Waals surface area (Å²) < 4.78 is 39.6. The van der Waals surface area contributed by atoms with Gasteiger partial charge in [0.1, 0.15) is 0 Å². The first-order valence-corrected chi connectivity index (χ1v) is 6.53. The van der Waals surface area contributed by atoms with Crippen LogP contribution in [0.2, 0.25) is 0 Å². The second-order valence-electron chi connectivity index (χ2n) is 4.18. The molecule has 2 N–H and O–H groups in total. The molecule has 0 saturated carbocycles. The Morgan fingerprint density at radius 1 is 1.16 bits per heavy atom. The molecular weight excluding hydrogens is 319 g/mol. The number of rotatable bonds is 2. The van der Waals surface area contributed by atoms with Crippen LogP contribution in [0.5, 0.6) is 0 Å². The SMILES string of the molecule is NCc1ccc(C2=C(C(F)(F)F)[CH]CC=C2Br)cc1. The van der Waals surface area contributed by atoms with E-state index in [0.29, 0.717) is 16.6 Å². The van der Waals surface area contributed by atoms with Crippen LogP contribution in [0.1, 0.15) is 17.5 Å². The van der Waals surface area contributed by atoms with Crippen molar-refractivity contribution in [3.63, 3.8) is 0 Å². The van der Waals surface area contributed by atoms with E-state index in [9.17, 15) is 13.2 Å². The molecular formula is C14H12BrF3N. The Balaban J connectivity index is 2.53. The molecule has 1 radical (unpaired) electrons. The van der Waals surface area contributed by atoms with Crippen molar-refractivity contribution in [3.8, 4) is 0 Å². The summed E-state index contributed by atoms with van der Waals surface area (Å²) in [6.07, 6.45) is -1.15. The summed E-state index contributed by atoms with van der Waals surface area (Å²) in [5.41, 5.74) is 6.49. The van der Waals surface area contributed by atoms with Gasteiger partial charge in [-0.05, 0) is 17.5 Å². The van der Waals surface area contributed by atoms with Gasteiger partial charge in [-0.15, -0.1) is 0 Å². The molecule has 0 atom stereocenters. The van der Waals surface area contributed by atoms with E-state index in [-0.39, 0.29) is 12.0 Å².